The van der Waals surface area contributed by atoms with Crippen molar-refractivity contribution in [2.24, 2.45) is 17.3 Å². The van der Waals surface area contributed by atoms with E-state index in [1.165, 1.54) is 25.7 Å². The van der Waals surface area contributed by atoms with E-state index >= 15 is 0 Å². The third-order valence-corrected chi connectivity index (χ3v) is 4.37. The van der Waals surface area contributed by atoms with Gasteiger partial charge in [0, 0.05) is 6.42 Å². The van der Waals surface area contributed by atoms with Crippen molar-refractivity contribution in [2.75, 3.05) is 0 Å². The van der Waals surface area contributed by atoms with Crippen LogP contribution in [0.25, 0.3) is 0 Å². The Morgan fingerprint density at radius 2 is 2.25 bits per heavy atom. The highest BCUT2D eigenvalue weighted by Crippen LogP contribution is 2.71. The van der Waals surface area contributed by atoms with Crippen LogP contribution in [-0.4, -0.2) is 5.78 Å². The van der Waals surface area contributed by atoms with E-state index in [9.17, 15) is 4.79 Å². The fraction of sp³-hybridized carbons (Fsp3) is 0.727. The number of allylic oxidation sites excluding steroid dienone is 1. The monoisotopic (exact) mass is 162 g/mol. The Balaban J connectivity index is 1.98. The zero-order chi connectivity index (χ0) is 8.34. The Bertz CT molecular complexity index is 279. The van der Waals surface area contributed by atoms with E-state index in [2.05, 4.69) is 6.58 Å². The quantitative estimate of drug-likeness (QED) is 0.499. The standard InChI is InChI=1S/C11H14O/c1-7-9-3-2-8-6-11(8,9)5-4-10(7)12/h8-9H,1-6H2. The normalized spacial score (nSPS) is 50.3. The molecule has 64 valence electrons. The average molecular weight is 162 g/mol. The minimum Gasteiger partial charge on any atom is -0.295 e. The molecule has 3 aliphatic carbocycles. The fourth-order valence-corrected chi connectivity index (χ4v) is 3.57. The van der Waals surface area contributed by atoms with Crippen LogP contribution in [0.2, 0.25) is 0 Å². The van der Waals surface area contributed by atoms with Gasteiger partial charge in [0.05, 0.1) is 0 Å². The van der Waals surface area contributed by atoms with Gasteiger partial charge >= 0.3 is 0 Å². The minimum absolute atomic E-state index is 0.346. The SMILES string of the molecule is C=C1C(=O)CCC23CC2CCC13. The maximum absolute atomic E-state index is 11.4. The molecule has 0 amide bonds. The molecular weight excluding hydrogens is 148 g/mol. The van der Waals surface area contributed by atoms with E-state index in [0.717, 1.165) is 17.9 Å². The third-order valence-electron chi connectivity index (χ3n) is 4.37. The molecule has 3 atom stereocenters. The first-order chi connectivity index (χ1) is 5.74. The zero-order valence-electron chi connectivity index (χ0n) is 7.31. The lowest BCUT2D eigenvalue weighted by molar-refractivity contribution is -0.118. The van der Waals surface area contributed by atoms with Crippen molar-refractivity contribution in [1.29, 1.82) is 0 Å². The molecule has 0 N–H and O–H groups in total. The Kier molecular flexibility index (Phi) is 1.05. The molecule has 0 aromatic heterocycles. The van der Waals surface area contributed by atoms with Crippen molar-refractivity contribution >= 4 is 5.78 Å². The van der Waals surface area contributed by atoms with E-state index in [4.69, 9.17) is 0 Å². The first-order valence-corrected chi connectivity index (χ1v) is 4.96. The van der Waals surface area contributed by atoms with Crippen molar-refractivity contribution in [3.8, 4) is 0 Å². The van der Waals surface area contributed by atoms with Gasteiger partial charge in [-0.2, -0.15) is 0 Å². The van der Waals surface area contributed by atoms with Gasteiger partial charge in [-0.15, -0.1) is 0 Å². The van der Waals surface area contributed by atoms with Crippen molar-refractivity contribution in [2.45, 2.75) is 32.1 Å². The Labute approximate surface area is 72.8 Å². The van der Waals surface area contributed by atoms with Crippen LogP contribution >= 0.6 is 0 Å². The predicted octanol–water partition coefficient (Wildman–Crippen LogP) is 2.32. The van der Waals surface area contributed by atoms with Crippen LogP contribution in [0.3, 0.4) is 0 Å². The number of hydrogen-bond acceptors (Lipinski definition) is 1. The number of hydrogen-bond donors (Lipinski definition) is 0. The van der Waals surface area contributed by atoms with E-state index < -0.39 is 0 Å². The van der Waals surface area contributed by atoms with Gasteiger partial charge in [0.2, 0.25) is 0 Å². The minimum atomic E-state index is 0.346. The van der Waals surface area contributed by atoms with Gasteiger partial charge in [-0.05, 0) is 48.5 Å². The van der Waals surface area contributed by atoms with E-state index in [1.807, 2.05) is 0 Å². The van der Waals surface area contributed by atoms with Gasteiger partial charge in [-0.1, -0.05) is 6.58 Å². The number of carbonyl (C=O) groups is 1. The number of Topliss-reactive ketones (excluding diaryl/α,β-unsaturated/α-hetero) is 1. The molecule has 0 aromatic carbocycles. The largest absolute Gasteiger partial charge is 0.295 e. The van der Waals surface area contributed by atoms with Crippen LogP contribution in [0.4, 0.5) is 0 Å². The summed E-state index contributed by atoms with van der Waals surface area (Å²) in [7, 11) is 0. The van der Waals surface area contributed by atoms with Crippen LogP contribution in [0.15, 0.2) is 12.2 Å². The van der Waals surface area contributed by atoms with Crippen LogP contribution < -0.4 is 0 Å². The summed E-state index contributed by atoms with van der Waals surface area (Å²) in [5, 5.41) is 0. The van der Waals surface area contributed by atoms with Crippen LogP contribution in [0.5, 0.6) is 0 Å². The van der Waals surface area contributed by atoms with Crippen LogP contribution in [0.1, 0.15) is 32.1 Å². The summed E-state index contributed by atoms with van der Waals surface area (Å²) in [6.45, 7) is 3.96. The van der Waals surface area contributed by atoms with Gasteiger partial charge in [0.1, 0.15) is 0 Å². The Morgan fingerprint density at radius 3 is 3.00 bits per heavy atom. The highest BCUT2D eigenvalue weighted by Gasteiger charge is 2.64. The molecule has 1 nitrogen and oxygen atoms in total. The molecule has 1 spiro atoms. The smallest absolute Gasteiger partial charge is 0.158 e. The lowest BCUT2D eigenvalue weighted by Gasteiger charge is -2.29. The van der Waals surface area contributed by atoms with Gasteiger partial charge in [-0.3, -0.25) is 4.79 Å². The molecular formula is C11H14O. The Morgan fingerprint density at radius 1 is 1.42 bits per heavy atom. The second kappa shape index (κ2) is 1.84. The highest BCUT2D eigenvalue weighted by molar-refractivity contribution is 5.96. The number of carbonyl (C=O) groups excluding carboxylic acids is 1. The van der Waals surface area contributed by atoms with E-state index in [-0.39, 0.29) is 0 Å². The number of ketones is 1. The second-order valence-corrected chi connectivity index (χ2v) is 4.71. The number of rotatable bonds is 0. The summed E-state index contributed by atoms with van der Waals surface area (Å²) in [6.07, 6.45) is 5.95. The van der Waals surface area contributed by atoms with Gasteiger partial charge < -0.3 is 0 Å². The molecule has 0 heterocycles. The molecule has 0 radical (unpaired) electrons. The molecule has 0 bridgehead atoms. The maximum atomic E-state index is 11.4. The van der Waals surface area contributed by atoms with Crippen molar-refractivity contribution in [3.63, 3.8) is 0 Å². The first-order valence-electron chi connectivity index (χ1n) is 4.96. The van der Waals surface area contributed by atoms with Gasteiger partial charge in [0.15, 0.2) is 5.78 Å². The van der Waals surface area contributed by atoms with Crippen molar-refractivity contribution in [1.82, 2.24) is 0 Å². The summed E-state index contributed by atoms with van der Waals surface area (Å²) < 4.78 is 0. The second-order valence-electron chi connectivity index (χ2n) is 4.71. The molecule has 0 saturated heterocycles. The summed E-state index contributed by atoms with van der Waals surface area (Å²) in [5.74, 6) is 1.90. The molecule has 3 saturated carbocycles. The summed E-state index contributed by atoms with van der Waals surface area (Å²) in [4.78, 5) is 11.4. The van der Waals surface area contributed by atoms with Crippen molar-refractivity contribution in [3.05, 3.63) is 12.2 Å². The third kappa shape index (κ3) is 0.596. The Hall–Kier alpha value is -0.590. The lowest BCUT2D eigenvalue weighted by atomic mass is 9.74. The maximum Gasteiger partial charge on any atom is 0.158 e. The first kappa shape index (κ1) is 6.88. The summed E-state index contributed by atoms with van der Waals surface area (Å²) >= 11 is 0. The molecule has 3 fully saturated rings. The van der Waals surface area contributed by atoms with E-state index in [1.54, 1.807) is 0 Å². The average Bonchev–Trinajstić information content (AvgIpc) is 2.65. The molecule has 0 aliphatic heterocycles. The molecule has 3 rings (SSSR count). The molecule has 0 aromatic rings. The molecule has 3 unspecified atom stereocenters. The summed E-state index contributed by atoms with van der Waals surface area (Å²) in [6, 6.07) is 0. The topological polar surface area (TPSA) is 17.1 Å². The predicted molar refractivity (Wildman–Crippen MR) is 46.6 cm³/mol. The molecule has 1 heteroatoms. The zero-order valence-corrected chi connectivity index (χ0v) is 7.31. The van der Waals surface area contributed by atoms with Crippen LogP contribution in [-0.2, 0) is 4.79 Å². The van der Waals surface area contributed by atoms with Gasteiger partial charge in [0.25, 0.3) is 0 Å². The summed E-state index contributed by atoms with van der Waals surface area (Å²) in [5.41, 5.74) is 1.55. The highest BCUT2D eigenvalue weighted by atomic mass is 16.1. The lowest BCUT2D eigenvalue weighted by Crippen LogP contribution is -2.26. The van der Waals surface area contributed by atoms with E-state index in [0.29, 0.717) is 17.1 Å². The van der Waals surface area contributed by atoms with Crippen LogP contribution in [0, 0.1) is 17.3 Å². The molecule has 12 heavy (non-hydrogen) atoms. The fourth-order valence-electron chi connectivity index (χ4n) is 3.57. The molecule has 3 aliphatic rings. The van der Waals surface area contributed by atoms with Gasteiger partial charge in [-0.25, -0.2) is 0 Å². The van der Waals surface area contributed by atoms with Crippen molar-refractivity contribution < 1.29 is 4.79 Å².